The number of allylic oxidation sites excluding steroid dienone is 2. The van der Waals surface area contributed by atoms with Gasteiger partial charge in [-0.15, -0.1) is 29.1 Å². The van der Waals surface area contributed by atoms with E-state index >= 15 is 0 Å². The summed E-state index contributed by atoms with van der Waals surface area (Å²) < 4.78 is 0. The molecule has 0 spiro atoms. The molecule has 4 aromatic carbocycles. The molecule has 1 N–H and O–H groups in total. The van der Waals surface area contributed by atoms with Gasteiger partial charge in [0.25, 0.3) is 0 Å². The second-order valence-corrected chi connectivity index (χ2v) is 18.7. The van der Waals surface area contributed by atoms with E-state index in [1.165, 1.54) is 32.8 Å². The van der Waals surface area contributed by atoms with Crippen molar-refractivity contribution >= 4 is 51.5 Å². The minimum absolute atomic E-state index is 0. The number of hydrogen-bond donors (Lipinski definition) is 1. The molecule has 0 aliphatic carbocycles. The van der Waals surface area contributed by atoms with Gasteiger partial charge in [-0.1, -0.05) is 126 Å². The van der Waals surface area contributed by atoms with E-state index in [2.05, 4.69) is 86.4 Å². The van der Waals surface area contributed by atoms with E-state index in [0.29, 0.717) is 0 Å². The number of ketones is 1. The number of rotatable bonds is 9. The summed E-state index contributed by atoms with van der Waals surface area (Å²) in [5.74, 6) is 0.286. The van der Waals surface area contributed by atoms with E-state index in [1.54, 1.807) is 6.33 Å². The zero-order valence-electron chi connectivity index (χ0n) is 28.9. The minimum Gasteiger partial charge on any atom is -0.512 e. The largest absolute Gasteiger partial charge is 0.512 e. The van der Waals surface area contributed by atoms with Gasteiger partial charge in [0.05, 0.1) is 13.6 Å². The average Bonchev–Trinajstić information content (AvgIpc) is 3.06. The fourth-order valence-corrected chi connectivity index (χ4v) is 7.37. The van der Waals surface area contributed by atoms with Crippen molar-refractivity contribution in [2.45, 2.75) is 86.9 Å². The number of carbonyl (C=O) groups excluding carboxylic acids is 1. The third-order valence-electron chi connectivity index (χ3n) is 10.0. The van der Waals surface area contributed by atoms with Crippen LogP contribution in [0.5, 0.6) is 0 Å². The van der Waals surface area contributed by atoms with Crippen molar-refractivity contribution in [2.75, 3.05) is 0 Å². The predicted octanol–water partition coefficient (Wildman–Crippen LogP) is 10.6. The first-order chi connectivity index (χ1) is 21.3. The standard InChI is InChI=1S/C25H21N2Si.C15H28O2.Ir/c1-28(2,3)22-13-7-10-18-14-15-21-24(26-16-27-25(21)23(18)22)20-12-6-9-17-8-4-5-11-19(17)20;1-7-14(5,8-2)12(16)11-13(17)15(6,9-3)10-4;/h4-11,13-16H,1-3H3;11,16H,7-10H2,1-6H3;/q-1;;/b;12-11-;. The Bertz CT molecular complexity index is 1840. The Morgan fingerprint density at radius 1 is 0.804 bits per heavy atom. The predicted molar refractivity (Wildman–Crippen MR) is 195 cm³/mol. The Hall–Kier alpha value is -3.18. The number of aliphatic hydroxyl groups is 1. The molecule has 0 saturated carbocycles. The van der Waals surface area contributed by atoms with Crippen LogP contribution in [0.1, 0.15) is 67.2 Å². The molecule has 0 fully saturated rings. The van der Waals surface area contributed by atoms with E-state index in [1.807, 2.05) is 47.6 Å². The first-order valence-electron chi connectivity index (χ1n) is 16.4. The third kappa shape index (κ3) is 7.51. The normalized spacial score (nSPS) is 12.5. The number of aliphatic hydroxyl groups excluding tert-OH is 1. The Kier molecular flexibility index (Phi) is 12.3. The van der Waals surface area contributed by atoms with E-state index < -0.39 is 8.07 Å². The van der Waals surface area contributed by atoms with Crippen molar-refractivity contribution in [3.05, 3.63) is 91.0 Å². The van der Waals surface area contributed by atoms with Crippen molar-refractivity contribution in [3.63, 3.8) is 0 Å². The van der Waals surface area contributed by atoms with Crippen molar-refractivity contribution < 1.29 is 30.0 Å². The Balaban J connectivity index is 0.000000280. The molecule has 46 heavy (non-hydrogen) atoms. The maximum atomic E-state index is 12.2. The molecule has 0 saturated heterocycles. The summed E-state index contributed by atoms with van der Waals surface area (Å²) >= 11 is 0. The van der Waals surface area contributed by atoms with Gasteiger partial charge in [-0.05, 0) is 42.1 Å². The van der Waals surface area contributed by atoms with E-state index in [0.717, 1.165) is 47.8 Å². The first-order valence-corrected chi connectivity index (χ1v) is 19.9. The minimum atomic E-state index is -1.52. The van der Waals surface area contributed by atoms with Gasteiger partial charge in [0.1, 0.15) is 12.1 Å². The fraction of sp³-hybridized carbons (Fsp3) is 0.375. The van der Waals surface area contributed by atoms with Crippen LogP contribution in [0, 0.1) is 16.9 Å². The third-order valence-corrected chi connectivity index (χ3v) is 12.0. The van der Waals surface area contributed by atoms with Gasteiger partial charge in [-0.2, -0.15) is 0 Å². The molecule has 1 aromatic heterocycles. The van der Waals surface area contributed by atoms with Crippen LogP contribution in [-0.2, 0) is 24.9 Å². The number of benzene rings is 4. The maximum absolute atomic E-state index is 12.2. The van der Waals surface area contributed by atoms with Crippen molar-refractivity contribution in [1.82, 2.24) is 9.97 Å². The van der Waals surface area contributed by atoms with Gasteiger partial charge in [-0.25, -0.2) is 4.98 Å². The molecule has 0 amide bonds. The van der Waals surface area contributed by atoms with Gasteiger partial charge < -0.3 is 5.11 Å². The molecule has 0 aliphatic rings. The molecule has 6 heteroatoms. The van der Waals surface area contributed by atoms with Crippen LogP contribution in [-0.4, -0.2) is 28.9 Å². The molecule has 5 aromatic rings. The molecule has 0 aliphatic heterocycles. The number of fused-ring (bicyclic) bond motifs is 4. The van der Waals surface area contributed by atoms with Crippen LogP contribution >= 0.6 is 0 Å². The van der Waals surface area contributed by atoms with Crippen LogP contribution in [0.25, 0.3) is 43.7 Å². The molecule has 5 rings (SSSR count). The number of carbonyl (C=O) groups is 1. The van der Waals surface area contributed by atoms with Crippen LogP contribution < -0.4 is 5.19 Å². The zero-order valence-corrected chi connectivity index (χ0v) is 32.3. The van der Waals surface area contributed by atoms with Crippen molar-refractivity contribution in [3.8, 4) is 11.3 Å². The quantitative estimate of drug-likeness (QED) is 0.0530. The Morgan fingerprint density at radius 2 is 1.43 bits per heavy atom. The monoisotopic (exact) mass is 810 g/mol. The molecule has 0 bridgehead atoms. The Labute approximate surface area is 290 Å². The summed E-state index contributed by atoms with van der Waals surface area (Å²) in [4.78, 5) is 21.6. The van der Waals surface area contributed by atoms with Gasteiger partial charge in [0.2, 0.25) is 0 Å². The van der Waals surface area contributed by atoms with E-state index in [9.17, 15) is 9.90 Å². The first kappa shape index (κ1) is 37.3. The molecule has 4 nitrogen and oxygen atoms in total. The molecular formula is C40H49IrN2O2Si-. The average molecular weight is 810 g/mol. The summed E-state index contributed by atoms with van der Waals surface area (Å²) in [6.07, 6.45) is 6.46. The van der Waals surface area contributed by atoms with E-state index in [-0.39, 0.29) is 42.5 Å². The zero-order chi connectivity index (χ0) is 33.0. The maximum Gasteiger partial charge on any atom is 0.164 e. The van der Waals surface area contributed by atoms with Crippen LogP contribution in [0.3, 0.4) is 0 Å². The number of aromatic nitrogens is 2. The summed E-state index contributed by atoms with van der Waals surface area (Å²) in [6, 6.07) is 26.9. The van der Waals surface area contributed by atoms with Gasteiger partial charge in [0.15, 0.2) is 5.78 Å². The molecule has 0 unspecified atom stereocenters. The van der Waals surface area contributed by atoms with E-state index in [4.69, 9.17) is 9.97 Å². The van der Waals surface area contributed by atoms with Crippen LogP contribution in [0.4, 0.5) is 0 Å². The van der Waals surface area contributed by atoms with Crippen molar-refractivity contribution in [1.29, 1.82) is 0 Å². The van der Waals surface area contributed by atoms with Gasteiger partial charge in [0, 0.05) is 42.4 Å². The smallest absolute Gasteiger partial charge is 0.164 e. The summed E-state index contributed by atoms with van der Waals surface area (Å²) in [5, 5.41) is 17.6. The second kappa shape index (κ2) is 15.1. The number of hydrogen-bond acceptors (Lipinski definition) is 4. The summed E-state index contributed by atoms with van der Waals surface area (Å²) in [6.45, 7) is 19.3. The fourth-order valence-electron chi connectivity index (χ4n) is 5.77. The van der Waals surface area contributed by atoms with Gasteiger partial charge in [-0.3, -0.25) is 9.78 Å². The van der Waals surface area contributed by atoms with Gasteiger partial charge >= 0.3 is 0 Å². The summed E-state index contributed by atoms with van der Waals surface area (Å²) in [7, 11) is -1.52. The molecule has 245 valence electrons. The molecule has 1 heterocycles. The van der Waals surface area contributed by atoms with Crippen LogP contribution in [0.15, 0.2) is 84.9 Å². The molecule has 1 radical (unpaired) electrons. The Morgan fingerprint density at radius 3 is 2.07 bits per heavy atom. The molecular weight excluding hydrogens is 761 g/mol. The SMILES string of the molecule is CCC(C)(CC)C(=O)/C=C(\O)C(C)(CC)CC.C[Si](C)(C)c1cccc2ccc3c(-c4[c-]ccc5ccccc45)ncnc3c12.[Ir]. The second-order valence-electron chi connectivity index (χ2n) is 13.7. The number of nitrogens with zero attached hydrogens (tertiary/aromatic N) is 2. The topological polar surface area (TPSA) is 63.1 Å². The summed E-state index contributed by atoms with van der Waals surface area (Å²) in [5.41, 5.74) is 2.43. The van der Waals surface area contributed by atoms with Crippen LogP contribution in [0.2, 0.25) is 19.6 Å². The molecule has 0 atom stereocenters. The van der Waals surface area contributed by atoms with Crippen molar-refractivity contribution in [2.24, 2.45) is 10.8 Å².